The smallest absolute Gasteiger partial charge is 0.255 e. The number of halogens is 2. The van der Waals surface area contributed by atoms with Gasteiger partial charge in [-0.1, -0.05) is 11.6 Å². The lowest BCUT2D eigenvalue weighted by atomic mass is 10.0. The van der Waals surface area contributed by atoms with Crippen molar-refractivity contribution in [2.75, 3.05) is 38.8 Å². The second-order valence-electron chi connectivity index (χ2n) is 9.96. The van der Waals surface area contributed by atoms with E-state index in [0.717, 1.165) is 22.6 Å². The van der Waals surface area contributed by atoms with E-state index in [1.54, 1.807) is 25.3 Å². The van der Waals surface area contributed by atoms with Gasteiger partial charge in [0.2, 0.25) is 11.9 Å². The molecule has 2 atom stereocenters. The Morgan fingerprint density at radius 3 is 2.83 bits per heavy atom. The molecule has 0 saturated carbocycles. The normalized spacial score (nSPS) is 17.1. The number of ether oxygens (including phenoxy) is 2. The Bertz CT molecular complexity index is 1430. The van der Waals surface area contributed by atoms with E-state index in [1.165, 1.54) is 35.5 Å². The van der Waals surface area contributed by atoms with Crippen LogP contribution >= 0.6 is 22.9 Å². The van der Waals surface area contributed by atoms with Crippen LogP contribution in [0, 0.1) is 5.82 Å². The summed E-state index contributed by atoms with van der Waals surface area (Å²) in [6, 6.07) is 4.25. The van der Waals surface area contributed by atoms with Crippen molar-refractivity contribution in [1.29, 1.82) is 0 Å². The third-order valence-corrected chi connectivity index (χ3v) is 8.77. The summed E-state index contributed by atoms with van der Waals surface area (Å²) in [7, 11) is 1.40. The molecule has 0 unspecified atom stereocenters. The summed E-state index contributed by atoms with van der Waals surface area (Å²) < 4.78 is 24.5. The molecule has 0 radical (unpaired) electrons. The highest BCUT2D eigenvalue weighted by Crippen LogP contribution is 2.37. The van der Waals surface area contributed by atoms with Gasteiger partial charge in [-0.3, -0.25) is 9.59 Å². The Kier molecular flexibility index (Phi) is 9.03. The molecular weight excluding hydrogens is 573 g/mol. The van der Waals surface area contributed by atoms with Gasteiger partial charge < -0.3 is 30.1 Å². The maximum absolute atomic E-state index is 14.0. The molecule has 1 fully saturated rings. The average molecular weight is 604 g/mol. The highest BCUT2D eigenvalue weighted by Gasteiger charge is 2.34. The number of hydrogen-bond acceptors (Lipinski definition) is 9. The van der Waals surface area contributed by atoms with Gasteiger partial charge in [0, 0.05) is 43.2 Å². The van der Waals surface area contributed by atoms with Crippen LogP contribution in [0.2, 0.25) is 5.02 Å². The lowest BCUT2D eigenvalue weighted by Gasteiger charge is -2.32. The molecule has 0 bridgehead atoms. The van der Waals surface area contributed by atoms with Gasteiger partial charge in [-0.2, -0.15) is 0 Å². The monoisotopic (exact) mass is 603 g/mol. The summed E-state index contributed by atoms with van der Waals surface area (Å²) in [5, 5.41) is 16.4. The van der Waals surface area contributed by atoms with Gasteiger partial charge in [-0.25, -0.2) is 14.4 Å². The average Bonchev–Trinajstić information content (AvgIpc) is 3.42. The molecule has 218 valence electrons. The lowest BCUT2D eigenvalue weighted by molar-refractivity contribution is -0.126. The number of hydrogen-bond donors (Lipinski definition) is 3. The first-order chi connectivity index (χ1) is 19.8. The molecule has 5 rings (SSSR count). The van der Waals surface area contributed by atoms with Gasteiger partial charge in [0.1, 0.15) is 23.3 Å². The van der Waals surface area contributed by atoms with Gasteiger partial charge in [0.25, 0.3) is 5.91 Å². The fourth-order valence-corrected chi connectivity index (χ4v) is 6.36. The summed E-state index contributed by atoms with van der Waals surface area (Å²) in [6.07, 6.45) is 3.83. The van der Waals surface area contributed by atoms with E-state index in [2.05, 4.69) is 20.6 Å². The van der Waals surface area contributed by atoms with Gasteiger partial charge in [-0.15, -0.1) is 11.3 Å². The number of rotatable bonds is 9. The van der Waals surface area contributed by atoms with Crippen molar-refractivity contribution in [2.45, 2.75) is 44.3 Å². The molecule has 10 nitrogen and oxygen atoms in total. The second kappa shape index (κ2) is 12.7. The van der Waals surface area contributed by atoms with E-state index >= 15 is 0 Å². The standard InChI is InChI=1S/C28H31ClFN5O5S/c1-15(26(37)33-22(14-36)16-9-17(30)11-19(10-16)39-2)35-6-3-23-20(27(35)38)12-24(41-23)25-21(29)13-31-28(34-25)32-18-4-7-40-8-5-18/h9-13,15,18,22,36H,3-8,14H2,1-2H3,(H,33,37)(H,31,32,34)/t15-,22+/m0/s1. The first-order valence-electron chi connectivity index (χ1n) is 13.3. The molecule has 3 aromatic rings. The van der Waals surface area contributed by atoms with Crippen LogP contribution in [0.3, 0.4) is 0 Å². The number of carbonyl (C=O) groups excluding carboxylic acids is 2. The molecule has 1 aromatic carbocycles. The minimum Gasteiger partial charge on any atom is -0.497 e. The highest BCUT2D eigenvalue weighted by molar-refractivity contribution is 7.16. The first-order valence-corrected chi connectivity index (χ1v) is 14.5. The SMILES string of the molecule is COc1cc(F)cc([C@@H](CO)NC(=O)[C@H](C)N2CCc3sc(-c4nc(NC5CCOCC5)ncc4Cl)cc3C2=O)c1. The van der Waals surface area contributed by atoms with Crippen LogP contribution in [0.15, 0.2) is 30.5 Å². The molecule has 13 heteroatoms. The third-order valence-electron chi connectivity index (χ3n) is 7.29. The maximum Gasteiger partial charge on any atom is 0.255 e. The number of aliphatic hydroxyl groups is 1. The van der Waals surface area contributed by atoms with E-state index < -0.39 is 30.4 Å². The Labute approximate surface area is 245 Å². The number of amides is 2. The predicted molar refractivity (Wildman–Crippen MR) is 153 cm³/mol. The number of methoxy groups -OCH3 is 1. The van der Waals surface area contributed by atoms with Crippen LogP contribution in [-0.2, 0) is 16.0 Å². The fraction of sp³-hybridized carbons (Fsp3) is 0.429. The molecule has 2 amide bonds. The van der Waals surface area contributed by atoms with E-state index in [-0.39, 0.29) is 17.7 Å². The fourth-order valence-electron chi connectivity index (χ4n) is 4.97. The van der Waals surface area contributed by atoms with Crippen LogP contribution in [0.25, 0.3) is 10.6 Å². The molecule has 41 heavy (non-hydrogen) atoms. The number of thiophene rings is 1. The number of nitrogens with one attached hydrogen (secondary N) is 2. The van der Waals surface area contributed by atoms with Gasteiger partial charge in [0.05, 0.1) is 41.4 Å². The molecule has 0 spiro atoms. The quantitative estimate of drug-likeness (QED) is 0.337. The van der Waals surface area contributed by atoms with Crippen LogP contribution in [0.1, 0.15) is 46.6 Å². The summed E-state index contributed by atoms with van der Waals surface area (Å²) in [5.74, 6) is -0.571. The Morgan fingerprint density at radius 1 is 1.32 bits per heavy atom. The van der Waals surface area contributed by atoms with Crippen LogP contribution < -0.4 is 15.4 Å². The van der Waals surface area contributed by atoms with Crippen molar-refractivity contribution in [1.82, 2.24) is 20.2 Å². The second-order valence-corrected chi connectivity index (χ2v) is 11.5. The van der Waals surface area contributed by atoms with Crippen molar-refractivity contribution < 1.29 is 28.6 Å². The molecule has 2 aromatic heterocycles. The molecule has 0 aliphatic carbocycles. The maximum atomic E-state index is 14.0. The van der Waals surface area contributed by atoms with Gasteiger partial charge in [0.15, 0.2) is 0 Å². The van der Waals surface area contributed by atoms with Crippen molar-refractivity contribution in [3.05, 3.63) is 57.3 Å². The molecular formula is C28H31ClFN5O5S. The van der Waals surface area contributed by atoms with E-state index in [1.807, 2.05) is 0 Å². The number of benzene rings is 1. The number of fused-ring (bicyclic) bond motifs is 1. The van der Waals surface area contributed by atoms with Gasteiger partial charge >= 0.3 is 0 Å². The molecule has 2 aliphatic heterocycles. The minimum atomic E-state index is -0.874. The summed E-state index contributed by atoms with van der Waals surface area (Å²) in [6.45, 7) is 2.88. The molecule has 2 aliphatic rings. The molecule has 1 saturated heterocycles. The van der Waals surface area contributed by atoms with E-state index in [9.17, 15) is 19.1 Å². The van der Waals surface area contributed by atoms with Crippen molar-refractivity contribution in [2.24, 2.45) is 0 Å². The summed E-state index contributed by atoms with van der Waals surface area (Å²) in [5.41, 5.74) is 1.39. The zero-order valence-corrected chi connectivity index (χ0v) is 24.2. The minimum absolute atomic E-state index is 0.213. The molecule has 4 heterocycles. The van der Waals surface area contributed by atoms with Crippen LogP contribution in [0.5, 0.6) is 5.75 Å². The number of nitrogens with zero attached hydrogens (tertiary/aromatic N) is 3. The Hall–Kier alpha value is -3.32. The number of carbonyl (C=O) groups is 2. The Morgan fingerprint density at radius 2 is 2.10 bits per heavy atom. The highest BCUT2D eigenvalue weighted by atomic mass is 35.5. The van der Waals surface area contributed by atoms with Crippen LogP contribution in [-0.4, -0.2) is 77.3 Å². The van der Waals surface area contributed by atoms with Crippen LogP contribution in [0.4, 0.5) is 10.3 Å². The predicted octanol–water partition coefficient (Wildman–Crippen LogP) is 3.83. The molecule has 3 N–H and O–H groups in total. The van der Waals surface area contributed by atoms with Crippen molar-refractivity contribution in [3.8, 4) is 16.3 Å². The zero-order chi connectivity index (χ0) is 29.1. The summed E-state index contributed by atoms with van der Waals surface area (Å²) in [4.78, 5) is 38.8. The zero-order valence-electron chi connectivity index (χ0n) is 22.7. The van der Waals surface area contributed by atoms with E-state index in [4.69, 9.17) is 21.1 Å². The van der Waals surface area contributed by atoms with Crippen molar-refractivity contribution >= 4 is 40.7 Å². The lowest BCUT2D eigenvalue weighted by Crippen LogP contribution is -2.51. The van der Waals surface area contributed by atoms with Crippen molar-refractivity contribution in [3.63, 3.8) is 0 Å². The first kappa shape index (κ1) is 29.2. The topological polar surface area (TPSA) is 126 Å². The van der Waals surface area contributed by atoms with Gasteiger partial charge in [-0.05, 0) is 43.5 Å². The third kappa shape index (κ3) is 6.45. The summed E-state index contributed by atoms with van der Waals surface area (Å²) >= 11 is 7.92. The van der Waals surface area contributed by atoms with E-state index in [0.29, 0.717) is 54.0 Å². The number of aromatic nitrogens is 2. The Balaban J connectivity index is 1.30. The largest absolute Gasteiger partial charge is 0.497 e. The number of aliphatic hydroxyl groups excluding tert-OH is 1. The number of anilines is 1.